The first-order chi connectivity index (χ1) is 4.20. The third kappa shape index (κ3) is 5.45. The zero-order valence-corrected chi connectivity index (χ0v) is 11.0. The van der Waals surface area contributed by atoms with Gasteiger partial charge in [0.25, 0.3) is 0 Å². The van der Waals surface area contributed by atoms with Gasteiger partial charge in [-0.25, -0.2) is 8.78 Å². The van der Waals surface area contributed by atoms with Crippen molar-refractivity contribution in [3.05, 3.63) is 35.4 Å². The monoisotopic (exact) mass is 310 g/mol. The van der Waals surface area contributed by atoms with Crippen LogP contribution in [0.15, 0.2) is 18.2 Å². The fourth-order valence-corrected chi connectivity index (χ4v) is 0.567. The van der Waals surface area contributed by atoms with Crippen LogP contribution in [0.3, 0.4) is 0 Å². The van der Waals surface area contributed by atoms with Gasteiger partial charge in [-0.1, -0.05) is 6.07 Å². The molecule has 0 bridgehead atoms. The maximum atomic E-state index is 12.3. The summed E-state index contributed by atoms with van der Waals surface area (Å²) in [6, 6.07) is 3.51. The predicted molar refractivity (Wildman–Crippen MR) is 36.8 cm³/mol. The van der Waals surface area contributed by atoms with E-state index in [1.807, 2.05) is 0 Å². The molecular weight excluding hydrogens is 306 g/mol. The molecule has 0 heterocycles. The molecule has 0 spiro atoms. The molecule has 0 aliphatic rings. The standard InChI is InChI=1S/C7H6F2.2BrH.Mg/c1-5-2-3-6(8)4-7(5)9;;;/h2-4H,1H3;2*1H;/q;;;+2/p-2. The average molecular weight is 312 g/mol. The van der Waals surface area contributed by atoms with Crippen LogP contribution in [0.1, 0.15) is 5.56 Å². The van der Waals surface area contributed by atoms with E-state index in [4.69, 9.17) is 0 Å². The average Bonchev–Trinajstić information content (AvgIpc) is 1.80. The van der Waals surface area contributed by atoms with Crippen molar-refractivity contribution in [3.8, 4) is 0 Å². The number of aryl methyl sites for hydroxylation is 1. The molecule has 0 aromatic heterocycles. The van der Waals surface area contributed by atoms with Crippen LogP contribution in [0.2, 0.25) is 0 Å². The fourth-order valence-electron chi connectivity index (χ4n) is 0.567. The Morgan fingerprint density at radius 3 is 1.92 bits per heavy atom. The first-order valence-corrected chi connectivity index (χ1v) is 2.62. The van der Waals surface area contributed by atoms with Gasteiger partial charge in [0, 0.05) is 6.07 Å². The Labute approximate surface area is 107 Å². The van der Waals surface area contributed by atoms with Gasteiger partial charge in [-0.2, -0.15) is 0 Å². The molecule has 0 aliphatic heterocycles. The summed E-state index contributed by atoms with van der Waals surface area (Å²) in [6.45, 7) is 1.59. The molecule has 64 valence electrons. The van der Waals surface area contributed by atoms with Crippen LogP contribution in [0.4, 0.5) is 8.78 Å². The Morgan fingerprint density at radius 2 is 1.58 bits per heavy atom. The van der Waals surface area contributed by atoms with Crippen LogP contribution in [0.25, 0.3) is 0 Å². The number of benzene rings is 1. The molecule has 0 amide bonds. The molecule has 0 nitrogen and oxygen atoms in total. The predicted octanol–water partition coefficient (Wildman–Crippen LogP) is -4.10. The van der Waals surface area contributed by atoms with E-state index in [0.717, 1.165) is 6.07 Å². The summed E-state index contributed by atoms with van der Waals surface area (Å²) in [6.07, 6.45) is 0. The Balaban J connectivity index is -0.000000270. The Bertz CT molecular complexity index is 231. The van der Waals surface area contributed by atoms with E-state index in [1.54, 1.807) is 6.92 Å². The second kappa shape index (κ2) is 8.41. The van der Waals surface area contributed by atoms with Gasteiger partial charge in [-0.3, -0.25) is 0 Å². The van der Waals surface area contributed by atoms with Crippen molar-refractivity contribution >= 4 is 23.1 Å². The molecule has 0 atom stereocenters. The van der Waals surface area contributed by atoms with Crippen molar-refractivity contribution in [3.63, 3.8) is 0 Å². The molecule has 0 unspecified atom stereocenters. The van der Waals surface area contributed by atoms with E-state index in [1.165, 1.54) is 12.1 Å². The van der Waals surface area contributed by atoms with Crippen LogP contribution < -0.4 is 34.0 Å². The van der Waals surface area contributed by atoms with Gasteiger partial charge in [-0.15, -0.1) is 0 Å². The summed E-state index contributed by atoms with van der Waals surface area (Å²) >= 11 is 0. The van der Waals surface area contributed by atoms with Gasteiger partial charge in [0.05, 0.1) is 0 Å². The van der Waals surface area contributed by atoms with Gasteiger partial charge in [0.1, 0.15) is 11.6 Å². The maximum absolute atomic E-state index is 12.3. The maximum Gasteiger partial charge on any atom is 2.00 e. The van der Waals surface area contributed by atoms with Crippen LogP contribution >= 0.6 is 0 Å². The van der Waals surface area contributed by atoms with Gasteiger partial charge < -0.3 is 34.0 Å². The van der Waals surface area contributed by atoms with E-state index in [-0.39, 0.29) is 57.0 Å². The van der Waals surface area contributed by atoms with Crippen LogP contribution in [0, 0.1) is 18.6 Å². The molecule has 0 saturated heterocycles. The summed E-state index contributed by atoms with van der Waals surface area (Å²) in [5.74, 6) is -1.02. The van der Waals surface area contributed by atoms with Gasteiger partial charge in [0.2, 0.25) is 0 Å². The van der Waals surface area contributed by atoms with Crippen LogP contribution in [-0.2, 0) is 0 Å². The van der Waals surface area contributed by atoms with Crippen molar-refractivity contribution in [2.75, 3.05) is 0 Å². The van der Waals surface area contributed by atoms with Crippen LogP contribution in [-0.4, -0.2) is 23.1 Å². The normalized spacial score (nSPS) is 7.25. The minimum absolute atomic E-state index is 0. The zero-order chi connectivity index (χ0) is 6.85. The van der Waals surface area contributed by atoms with Crippen molar-refractivity contribution in [1.82, 2.24) is 0 Å². The fraction of sp³-hybridized carbons (Fsp3) is 0.143. The van der Waals surface area contributed by atoms with Crippen molar-refractivity contribution in [2.24, 2.45) is 0 Å². The Hall–Kier alpha value is 0.806. The summed E-state index contributed by atoms with van der Waals surface area (Å²) in [5, 5.41) is 0. The molecular formula is C7H6Br2F2Mg. The molecule has 1 aromatic rings. The largest absolute Gasteiger partial charge is 2.00 e. The molecule has 1 rings (SSSR count). The summed E-state index contributed by atoms with van der Waals surface area (Å²) in [7, 11) is 0. The smallest absolute Gasteiger partial charge is 1.00 e. The minimum atomic E-state index is -0.530. The summed E-state index contributed by atoms with van der Waals surface area (Å²) in [5.41, 5.74) is 0.469. The van der Waals surface area contributed by atoms with Crippen molar-refractivity contribution < 1.29 is 42.7 Å². The molecule has 0 aliphatic carbocycles. The molecule has 5 heteroatoms. The first kappa shape index (κ1) is 18.6. The Morgan fingerprint density at radius 1 is 1.08 bits per heavy atom. The summed E-state index contributed by atoms with van der Waals surface area (Å²) < 4.78 is 24.4. The van der Waals surface area contributed by atoms with E-state index in [2.05, 4.69) is 0 Å². The third-order valence-corrected chi connectivity index (χ3v) is 1.13. The van der Waals surface area contributed by atoms with E-state index in [9.17, 15) is 8.78 Å². The number of hydrogen-bond acceptors (Lipinski definition) is 0. The molecule has 0 saturated carbocycles. The van der Waals surface area contributed by atoms with Crippen LogP contribution in [0.5, 0.6) is 0 Å². The topological polar surface area (TPSA) is 0 Å². The molecule has 0 fully saturated rings. The quantitative estimate of drug-likeness (QED) is 0.427. The minimum Gasteiger partial charge on any atom is -1.00 e. The molecule has 1 aromatic carbocycles. The number of rotatable bonds is 0. The van der Waals surface area contributed by atoms with Gasteiger partial charge in [0.15, 0.2) is 0 Å². The first-order valence-electron chi connectivity index (χ1n) is 2.62. The van der Waals surface area contributed by atoms with E-state index < -0.39 is 11.6 Å². The number of hydrogen-bond donors (Lipinski definition) is 0. The molecule has 0 N–H and O–H groups in total. The second-order valence-corrected chi connectivity index (χ2v) is 1.89. The summed E-state index contributed by atoms with van der Waals surface area (Å²) in [4.78, 5) is 0. The van der Waals surface area contributed by atoms with Gasteiger partial charge in [-0.05, 0) is 18.6 Å². The van der Waals surface area contributed by atoms with Gasteiger partial charge >= 0.3 is 23.1 Å². The third-order valence-electron chi connectivity index (χ3n) is 1.13. The van der Waals surface area contributed by atoms with E-state index in [0.29, 0.717) is 5.56 Å². The SMILES string of the molecule is Cc1ccc(F)cc1F.[Br-].[Br-].[Mg+2]. The molecule has 12 heavy (non-hydrogen) atoms. The van der Waals surface area contributed by atoms with Crippen molar-refractivity contribution in [2.45, 2.75) is 6.92 Å². The Kier molecular flexibility index (Phi) is 13.0. The second-order valence-electron chi connectivity index (χ2n) is 1.89. The molecule has 0 radical (unpaired) electrons. The zero-order valence-electron chi connectivity index (χ0n) is 6.45. The number of halogens is 4. The van der Waals surface area contributed by atoms with E-state index >= 15 is 0 Å². The van der Waals surface area contributed by atoms with Crippen molar-refractivity contribution in [1.29, 1.82) is 0 Å².